The summed E-state index contributed by atoms with van der Waals surface area (Å²) in [5.41, 5.74) is 5.19. The van der Waals surface area contributed by atoms with Crippen LogP contribution in [0, 0.1) is 0 Å². The molecule has 0 radical (unpaired) electrons. The van der Waals surface area contributed by atoms with Crippen LogP contribution in [0.25, 0.3) is 0 Å². The largest absolute Gasteiger partial charge is 0.383 e. The van der Waals surface area contributed by atoms with Crippen LogP contribution >= 0.6 is 23.4 Å². The van der Waals surface area contributed by atoms with Gasteiger partial charge in [-0.2, -0.15) is 0 Å². The number of hydrogen-bond donors (Lipinski definition) is 2. The maximum Gasteiger partial charge on any atom is 0.253 e. The smallest absolute Gasteiger partial charge is 0.253 e. The third-order valence-electron chi connectivity index (χ3n) is 1.97. The highest BCUT2D eigenvalue weighted by Gasteiger charge is 2.06. The Morgan fingerprint density at radius 2 is 2.17 bits per heavy atom. The summed E-state index contributed by atoms with van der Waals surface area (Å²) in [4.78, 5) is 26.1. The van der Waals surface area contributed by atoms with Crippen molar-refractivity contribution in [2.24, 2.45) is 0 Å². The van der Waals surface area contributed by atoms with Crippen molar-refractivity contribution < 1.29 is 0 Å². The van der Waals surface area contributed by atoms with Gasteiger partial charge in [0.1, 0.15) is 21.8 Å². The van der Waals surface area contributed by atoms with E-state index in [1.807, 2.05) is 6.92 Å². The minimum Gasteiger partial charge on any atom is -0.383 e. The van der Waals surface area contributed by atoms with Gasteiger partial charge in [0, 0.05) is 18.6 Å². The van der Waals surface area contributed by atoms with Gasteiger partial charge in [-0.3, -0.25) is 4.79 Å². The minimum absolute atomic E-state index is 0.164. The number of nitrogens with two attached hydrogens (primary N) is 1. The summed E-state index contributed by atoms with van der Waals surface area (Å²) < 4.78 is 0. The molecule has 0 spiro atoms. The average Bonchev–Trinajstić information content (AvgIpc) is 2.26. The molecule has 18 heavy (non-hydrogen) atoms. The number of nitrogen functional groups attached to an aromatic ring is 1. The Kier molecular flexibility index (Phi) is 3.83. The van der Waals surface area contributed by atoms with Gasteiger partial charge in [-0.1, -0.05) is 18.5 Å². The number of hydrogen-bond acceptors (Lipinski definition) is 6. The molecule has 0 bridgehead atoms. The maximum atomic E-state index is 11.2. The summed E-state index contributed by atoms with van der Waals surface area (Å²) >= 11 is 7.05. The lowest BCUT2D eigenvalue weighted by atomic mass is 10.4. The van der Waals surface area contributed by atoms with E-state index in [1.54, 1.807) is 6.07 Å². The lowest BCUT2D eigenvalue weighted by molar-refractivity contribution is 0.881. The van der Waals surface area contributed by atoms with E-state index in [-0.39, 0.29) is 11.4 Å². The van der Waals surface area contributed by atoms with Crippen LogP contribution in [-0.4, -0.2) is 19.9 Å². The highest BCUT2D eigenvalue weighted by molar-refractivity contribution is 7.99. The van der Waals surface area contributed by atoms with Gasteiger partial charge < -0.3 is 10.7 Å². The van der Waals surface area contributed by atoms with Crippen LogP contribution in [0.1, 0.15) is 12.7 Å². The summed E-state index contributed by atoms with van der Waals surface area (Å²) in [6.07, 6.45) is 0.676. The lowest BCUT2D eigenvalue weighted by Gasteiger charge is -2.03. The van der Waals surface area contributed by atoms with E-state index in [4.69, 9.17) is 17.3 Å². The molecule has 8 heteroatoms. The molecule has 2 rings (SSSR count). The molecular formula is C10H10ClN5OS. The maximum absolute atomic E-state index is 11.2. The van der Waals surface area contributed by atoms with Crippen molar-refractivity contribution in [1.29, 1.82) is 0 Å². The Labute approximate surface area is 112 Å². The number of aromatic amines is 1. The number of rotatable bonds is 3. The number of aromatic nitrogens is 4. The second kappa shape index (κ2) is 5.36. The highest BCUT2D eigenvalue weighted by atomic mass is 35.5. The zero-order valence-corrected chi connectivity index (χ0v) is 11.0. The minimum atomic E-state index is -0.305. The molecular weight excluding hydrogens is 274 g/mol. The molecule has 2 aromatic rings. The normalized spacial score (nSPS) is 10.6. The van der Waals surface area contributed by atoms with Crippen molar-refractivity contribution in [2.75, 3.05) is 5.73 Å². The van der Waals surface area contributed by atoms with Gasteiger partial charge in [-0.15, -0.1) is 0 Å². The predicted octanol–water partition coefficient (Wildman–Crippen LogP) is 1.51. The Morgan fingerprint density at radius 3 is 2.83 bits per heavy atom. The predicted molar refractivity (Wildman–Crippen MR) is 69.8 cm³/mol. The van der Waals surface area contributed by atoms with Crippen molar-refractivity contribution >= 4 is 29.2 Å². The Morgan fingerprint density at radius 1 is 1.39 bits per heavy atom. The van der Waals surface area contributed by atoms with Crippen LogP contribution in [-0.2, 0) is 6.42 Å². The molecule has 0 aliphatic heterocycles. The molecule has 6 nitrogen and oxygen atoms in total. The molecule has 0 unspecified atom stereocenters. The van der Waals surface area contributed by atoms with Crippen LogP contribution in [0.15, 0.2) is 27.1 Å². The average molecular weight is 284 g/mol. The summed E-state index contributed by atoms with van der Waals surface area (Å²) in [6, 6.07) is 2.82. The quantitative estimate of drug-likeness (QED) is 0.654. The summed E-state index contributed by atoms with van der Waals surface area (Å²) in [5.74, 6) is 0.799. The van der Waals surface area contributed by atoms with E-state index in [9.17, 15) is 4.79 Å². The molecule has 0 aliphatic carbocycles. The molecule has 0 saturated carbocycles. The number of aryl methyl sites for hydroxylation is 1. The van der Waals surface area contributed by atoms with Crippen LogP contribution in [0.5, 0.6) is 0 Å². The van der Waals surface area contributed by atoms with Gasteiger partial charge in [0.2, 0.25) is 0 Å². The highest BCUT2D eigenvalue weighted by Crippen LogP contribution is 2.24. The summed E-state index contributed by atoms with van der Waals surface area (Å²) in [7, 11) is 0. The molecule has 94 valence electrons. The second-order valence-electron chi connectivity index (χ2n) is 3.38. The molecule has 0 aliphatic rings. The van der Waals surface area contributed by atoms with Gasteiger partial charge in [0.05, 0.1) is 0 Å². The van der Waals surface area contributed by atoms with E-state index in [0.717, 1.165) is 0 Å². The number of halogens is 1. The van der Waals surface area contributed by atoms with E-state index in [2.05, 4.69) is 19.9 Å². The lowest BCUT2D eigenvalue weighted by Crippen LogP contribution is -2.09. The molecule has 2 heterocycles. The summed E-state index contributed by atoms with van der Waals surface area (Å²) in [6.45, 7) is 1.93. The molecule has 0 saturated heterocycles. The van der Waals surface area contributed by atoms with Gasteiger partial charge in [-0.25, -0.2) is 15.0 Å². The number of anilines is 1. The number of H-pyrrole nitrogens is 1. The van der Waals surface area contributed by atoms with Crippen molar-refractivity contribution in [1.82, 2.24) is 19.9 Å². The monoisotopic (exact) mass is 283 g/mol. The first-order chi connectivity index (χ1) is 8.56. The van der Waals surface area contributed by atoms with Crippen LogP contribution in [0.4, 0.5) is 5.82 Å². The number of nitrogens with one attached hydrogen (secondary N) is 1. The zero-order chi connectivity index (χ0) is 13.1. The molecule has 0 fully saturated rings. The first-order valence-electron chi connectivity index (χ1n) is 5.15. The topological polar surface area (TPSA) is 97.5 Å². The Balaban J connectivity index is 2.33. The SMILES string of the molecule is CCc1nc(Cl)cc(Sc2nc(N)cc(=O)[nH]2)n1. The van der Waals surface area contributed by atoms with Crippen molar-refractivity contribution in [3.63, 3.8) is 0 Å². The molecule has 0 amide bonds. The first-order valence-corrected chi connectivity index (χ1v) is 6.34. The van der Waals surface area contributed by atoms with E-state index < -0.39 is 0 Å². The molecule has 0 aromatic carbocycles. The molecule has 0 atom stereocenters. The van der Waals surface area contributed by atoms with Gasteiger partial charge in [0.15, 0.2) is 5.16 Å². The van der Waals surface area contributed by atoms with Gasteiger partial charge in [-0.05, 0) is 11.8 Å². The fourth-order valence-electron chi connectivity index (χ4n) is 1.25. The zero-order valence-electron chi connectivity index (χ0n) is 9.48. The fraction of sp³-hybridized carbons (Fsp3) is 0.200. The number of nitrogens with zero attached hydrogens (tertiary/aromatic N) is 3. The van der Waals surface area contributed by atoms with Crippen molar-refractivity contribution in [3.05, 3.63) is 33.5 Å². The van der Waals surface area contributed by atoms with Gasteiger partial charge in [0.25, 0.3) is 5.56 Å². The van der Waals surface area contributed by atoms with E-state index in [1.165, 1.54) is 17.8 Å². The van der Waals surface area contributed by atoms with Crippen molar-refractivity contribution in [2.45, 2.75) is 23.5 Å². The van der Waals surface area contributed by atoms with Crippen LogP contribution in [0.3, 0.4) is 0 Å². The molecule has 3 N–H and O–H groups in total. The van der Waals surface area contributed by atoms with E-state index in [0.29, 0.717) is 27.6 Å². The van der Waals surface area contributed by atoms with Crippen LogP contribution < -0.4 is 11.3 Å². The summed E-state index contributed by atoms with van der Waals surface area (Å²) in [5, 5.41) is 1.34. The Bertz CT molecular complexity index is 630. The fourth-order valence-corrected chi connectivity index (χ4v) is 2.34. The standard InChI is InChI=1S/C10H10ClN5OS/c1-2-7-13-5(11)3-9(15-7)18-10-14-6(12)4-8(17)16-10/h3-4H,2H2,1H3,(H3,12,14,16,17). The van der Waals surface area contributed by atoms with E-state index >= 15 is 0 Å². The second-order valence-corrected chi connectivity index (χ2v) is 4.77. The third-order valence-corrected chi connectivity index (χ3v) is 2.97. The van der Waals surface area contributed by atoms with Crippen LogP contribution in [0.2, 0.25) is 5.15 Å². The first kappa shape index (κ1) is 12.8. The molecule has 2 aromatic heterocycles. The van der Waals surface area contributed by atoms with Gasteiger partial charge >= 0.3 is 0 Å². The third kappa shape index (κ3) is 3.21. The van der Waals surface area contributed by atoms with Crippen molar-refractivity contribution in [3.8, 4) is 0 Å². The Hall–Kier alpha value is -1.60.